The largest absolute Gasteiger partial charge is 0.488 e. The third-order valence-electron chi connectivity index (χ3n) is 4.02. The number of hydrogen-bond donors (Lipinski definition) is 2. The highest BCUT2D eigenvalue weighted by Gasteiger charge is 2.13. The molecule has 0 bridgehead atoms. The molecule has 0 radical (unpaired) electrons. The predicted octanol–water partition coefficient (Wildman–Crippen LogP) is 3.27. The first-order chi connectivity index (χ1) is 10.3. The zero-order valence-electron chi connectivity index (χ0n) is 12.6. The van der Waals surface area contributed by atoms with Gasteiger partial charge in [-0.1, -0.05) is 44.2 Å². The van der Waals surface area contributed by atoms with E-state index < -0.39 is 11.9 Å². The lowest BCUT2D eigenvalue weighted by molar-refractivity contribution is 0.100. The van der Waals surface area contributed by atoms with Crippen LogP contribution in [-0.2, 0) is 0 Å². The van der Waals surface area contributed by atoms with Gasteiger partial charge in [-0.3, -0.25) is 0 Å². The molecule has 0 heterocycles. The number of halogens is 1. The van der Waals surface area contributed by atoms with E-state index in [-0.39, 0.29) is 12.4 Å². The monoisotopic (exact) mass is 295 g/mol. The van der Waals surface area contributed by atoms with Crippen molar-refractivity contribution in [3.8, 4) is 5.75 Å². The number of hydrogen-bond acceptors (Lipinski definition) is 3. The van der Waals surface area contributed by atoms with E-state index in [1.54, 1.807) is 18.2 Å². The molecule has 0 spiro atoms. The number of benzene rings is 1. The van der Waals surface area contributed by atoms with Crippen LogP contribution >= 0.6 is 0 Å². The molecular formula is C17H26FNO2. The molecule has 21 heavy (non-hydrogen) atoms. The van der Waals surface area contributed by atoms with E-state index in [9.17, 15) is 9.50 Å². The van der Waals surface area contributed by atoms with Crippen molar-refractivity contribution in [2.24, 2.45) is 0 Å². The summed E-state index contributed by atoms with van der Waals surface area (Å²) in [5, 5.41) is 13.4. The smallest absolute Gasteiger partial charge is 0.165 e. The Hall–Kier alpha value is -1.13. The van der Waals surface area contributed by atoms with Crippen LogP contribution < -0.4 is 10.1 Å². The second-order valence-electron chi connectivity index (χ2n) is 5.85. The van der Waals surface area contributed by atoms with Crippen molar-refractivity contribution in [1.29, 1.82) is 0 Å². The molecule has 1 saturated carbocycles. The Morgan fingerprint density at radius 2 is 1.81 bits per heavy atom. The molecule has 1 aliphatic carbocycles. The number of para-hydroxylation sites is 1. The molecular weight excluding hydrogens is 269 g/mol. The van der Waals surface area contributed by atoms with Crippen LogP contribution in [0.3, 0.4) is 0 Å². The van der Waals surface area contributed by atoms with E-state index in [0.717, 1.165) is 0 Å². The first kappa shape index (κ1) is 16.2. The minimum atomic E-state index is -0.616. The van der Waals surface area contributed by atoms with E-state index in [0.29, 0.717) is 12.6 Å². The lowest BCUT2D eigenvalue weighted by Gasteiger charge is -2.22. The molecule has 1 fully saturated rings. The van der Waals surface area contributed by atoms with Gasteiger partial charge in [0.2, 0.25) is 0 Å². The Kier molecular flexibility index (Phi) is 6.96. The summed E-state index contributed by atoms with van der Waals surface area (Å²) in [5.41, 5.74) is 0. The van der Waals surface area contributed by atoms with Crippen LogP contribution in [-0.4, -0.2) is 30.4 Å². The Labute approximate surface area is 126 Å². The van der Waals surface area contributed by atoms with Gasteiger partial charge in [0, 0.05) is 12.6 Å². The van der Waals surface area contributed by atoms with Crippen LogP contribution in [0.1, 0.15) is 44.9 Å². The van der Waals surface area contributed by atoms with Crippen molar-refractivity contribution in [3.63, 3.8) is 0 Å². The lowest BCUT2D eigenvalue weighted by Crippen LogP contribution is -2.38. The maximum atomic E-state index is 13.4. The minimum Gasteiger partial charge on any atom is -0.488 e. The number of aliphatic hydroxyl groups excluding tert-OH is 1. The minimum absolute atomic E-state index is 0.112. The van der Waals surface area contributed by atoms with Crippen LogP contribution in [0.4, 0.5) is 4.39 Å². The van der Waals surface area contributed by atoms with Gasteiger partial charge < -0.3 is 15.2 Å². The summed E-state index contributed by atoms with van der Waals surface area (Å²) in [6, 6.07) is 6.76. The van der Waals surface area contributed by atoms with Gasteiger partial charge in [0.25, 0.3) is 0 Å². The highest BCUT2D eigenvalue weighted by molar-refractivity contribution is 5.23. The third kappa shape index (κ3) is 6.02. The summed E-state index contributed by atoms with van der Waals surface area (Å²) in [6.07, 6.45) is 8.26. The summed E-state index contributed by atoms with van der Waals surface area (Å²) in [5.74, 6) is -0.194. The SMILES string of the molecule is O[C@H](CNC1CCCCCCC1)COc1ccccc1F. The summed E-state index contributed by atoms with van der Waals surface area (Å²) >= 11 is 0. The van der Waals surface area contributed by atoms with Crippen molar-refractivity contribution < 1.29 is 14.2 Å². The maximum Gasteiger partial charge on any atom is 0.165 e. The molecule has 4 heteroatoms. The second kappa shape index (κ2) is 9.00. The van der Waals surface area contributed by atoms with Gasteiger partial charge in [0.1, 0.15) is 12.7 Å². The quantitative estimate of drug-likeness (QED) is 0.846. The van der Waals surface area contributed by atoms with Crippen LogP contribution in [0.25, 0.3) is 0 Å². The van der Waals surface area contributed by atoms with Crippen molar-refractivity contribution in [1.82, 2.24) is 5.32 Å². The molecule has 0 saturated heterocycles. The highest BCUT2D eigenvalue weighted by atomic mass is 19.1. The number of aliphatic hydroxyl groups is 1. The molecule has 118 valence electrons. The van der Waals surface area contributed by atoms with Gasteiger partial charge in [-0.15, -0.1) is 0 Å². The Morgan fingerprint density at radius 1 is 1.14 bits per heavy atom. The van der Waals surface area contributed by atoms with Gasteiger partial charge in [-0.25, -0.2) is 4.39 Å². The van der Waals surface area contributed by atoms with E-state index in [2.05, 4.69) is 5.32 Å². The van der Waals surface area contributed by atoms with Gasteiger partial charge >= 0.3 is 0 Å². The summed E-state index contributed by atoms with van der Waals surface area (Å²) in [6.45, 7) is 0.611. The molecule has 2 rings (SSSR count). The van der Waals surface area contributed by atoms with Gasteiger partial charge in [0.05, 0.1) is 0 Å². The maximum absolute atomic E-state index is 13.4. The first-order valence-corrected chi connectivity index (χ1v) is 8.04. The Balaban J connectivity index is 1.67. The average Bonchev–Trinajstić information content (AvgIpc) is 2.45. The zero-order valence-corrected chi connectivity index (χ0v) is 12.6. The molecule has 1 aromatic carbocycles. The summed E-state index contributed by atoms with van der Waals surface area (Å²) < 4.78 is 18.7. The summed E-state index contributed by atoms with van der Waals surface area (Å²) in [4.78, 5) is 0. The van der Waals surface area contributed by atoms with E-state index in [1.165, 1.54) is 51.0 Å². The Bertz CT molecular complexity index is 406. The predicted molar refractivity (Wildman–Crippen MR) is 82.0 cm³/mol. The lowest BCUT2D eigenvalue weighted by atomic mass is 9.96. The first-order valence-electron chi connectivity index (χ1n) is 8.04. The zero-order chi connectivity index (χ0) is 14.9. The molecule has 0 amide bonds. The van der Waals surface area contributed by atoms with Gasteiger partial charge in [-0.05, 0) is 25.0 Å². The van der Waals surface area contributed by atoms with Crippen molar-refractivity contribution in [2.45, 2.75) is 57.1 Å². The highest BCUT2D eigenvalue weighted by Crippen LogP contribution is 2.17. The van der Waals surface area contributed by atoms with Gasteiger partial charge in [0.15, 0.2) is 11.6 Å². The standard InChI is InChI=1S/C17H26FNO2/c18-16-10-6-7-11-17(16)21-13-15(20)12-19-14-8-4-2-1-3-5-9-14/h6-7,10-11,14-15,19-20H,1-5,8-9,12-13H2/t15-/m1/s1. The average molecular weight is 295 g/mol. The topological polar surface area (TPSA) is 41.5 Å². The van der Waals surface area contributed by atoms with Crippen molar-refractivity contribution >= 4 is 0 Å². The van der Waals surface area contributed by atoms with E-state index in [4.69, 9.17) is 4.74 Å². The van der Waals surface area contributed by atoms with E-state index in [1.807, 2.05) is 0 Å². The molecule has 1 aromatic rings. The molecule has 3 nitrogen and oxygen atoms in total. The fraction of sp³-hybridized carbons (Fsp3) is 0.647. The van der Waals surface area contributed by atoms with E-state index >= 15 is 0 Å². The fourth-order valence-electron chi connectivity index (χ4n) is 2.77. The van der Waals surface area contributed by atoms with Crippen LogP contribution in [0.5, 0.6) is 5.75 Å². The van der Waals surface area contributed by atoms with Crippen LogP contribution in [0, 0.1) is 5.82 Å². The fourth-order valence-corrected chi connectivity index (χ4v) is 2.77. The Morgan fingerprint density at radius 3 is 2.52 bits per heavy atom. The molecule has 0 unspecified atom stereocenters. The van der Waals surface area contributed by atoms with Gasteiger partial charge in [-0.2, -0.15) is 0 Å². The molecule has 1 aliphatic rings. The van der Waals surface area contributed by atoms with Crippen molar-refractivity contribution in [2.75, 3.05) is 13.2 Å². The normalized spacial score (nSPS) is 18.8. The van der Waals surface area contributed by atoms with Crippen LogP contribution in [0.15, 0.2) is 24.3 Å². The second-order valence-corrected chi connectivity index (χ2v) is 5.85. The number of nitrogens with one attached hydrogen (secondary N) is 1. The number of ether oxygens (including phenoxy) is 1. The van der Waals surface area contributed by atoms with Crippen molar-refractivity contribution in [3.05, 3.63) is 30.1 Å². The third-order valence-corrected chi connectivity index (χ3v) is 4.02. The molecule has 0 aromatic heterocycles. The van der Waals surface area contributed by atoms with Crippen LogP contribution in [0.2, 0.25) is 0 Å². The molecule has 1 atom stereocenters. The molecule has 0 aliphatic heterocycles. The molecule has 2 N–H and O–H groups in total. The number of rotatable bonds is 6. The summed E-state index contributed by atoms with van der Waals surface area (Å²) in [7, 11) is 0.